The molecule has 1 rings (SSSR count). The van der Waals surface area contributed by atoms with E-state index in [1.54, 1.807) is 0 Å². The van der Waals surface area contributed by atoms with Gasteiger partial charge in [-0.2, -0.15) is 0 Å². The summed E-state index contributed by atoms with van der Waals surface area (Å²) < 4.78 is 0. The van der Waals surface area contributed by atoms with E-state index >= 15 is 0 Å². The number of carbonyl (C=O) groups excluding carboxylic acids is 1. The molecular weight excluding hydrogens is 172 g/mol. The Kier molecular flexibility index (Phi) is 3.06. The third-order valence-corrected chi connectivity index (χ3v) is 1.89. The van der Waals surface area contributed by atoms with Crippen molar-refractivity contribution in [1.29, 1.82) is 0 Å². The summed E-state index contributed by atoms with van der Waals surface area (Å²) in [6.45, 7) is 2.00. The first-order valence-electron chi connectivity index (χ1n) is 3.62. The summed E-state index contributed by atoms with van der Waals surface area (Å²) in [5.74, 6) is 0. The highest BCUT2D eigenvalue weighted by molar-refractivity contribution is 6.49. The molecule has 0 saturated heterocycles. The molecule has 1 aromatic rings. The minimum Gasteiger partial charge on any atom is -0.299 e. The molecule has 0 aliphatic heterocycles. The molecule has 1 nitrogen and oxygen atoms in total. The molecule has 0 N–H and O–H groups in total. The number of aldehydes is 1. The summed E-state index contributed by atoms with van der Waals surface area (Å²) in [4.78, 5) is 10.1. The van der Waals surface area contributed by atoms with E-state index in [4.69, 9.17) is 11.6 Å². The number of hydrogen-bond donors (Lipinski definition) is 0. The molecule has 0 saturated carbocycles. The Morgan fingerprint density at radius 3 is 2.42 bits per heavy atom. The number of aryl methyl sites for hydroxylation is 1. The van der Waals surface area contributed by atoms with Crippen LogP contribution < -0.4 is 0 Å². The summed E-state index contributed by atoms with van der Waals surface area (Å²) in [5.41, 5.74) is 2.05. The van der Waals surface area contributed by atoms with Gasteiger partial charge in [-0.05, 0) is 18.6 Å². The first-order valence-corrected chi connectivity index (χ1v) is 4.00. The predicted octanol–water partition coefficient (Wildman–Crippen LogP) is 2.77. The van der Waals surface area contributed by atoms with Crippen LogP contribution in [0.1, 0.15) is 11.1 Å². The van der Waals surface area contributed by atoms with E-state index in [1.165, 1.54) is 11.6 Å². The Hall–Kier alpha value is -1.08. The lowest BCUT2D eigenvalue weighted by Crippen LogP contribution is -1.78. The van der Waals surface area contributed by atoms with Gasteiger partial charge in [0.15, 0.2) is 0 Å². The van der Waals surface area contributed by atoms with Crippen LogP contribution in [-0.2, 0) is 4.79 Å². The normalized spacial score (nSPS) is 11.3. The van der Waals surface area contributed by atoms with E-state index in [0.29, 0.717) is 11.3 Å². The van der Waals surface area contributed by atoms with E-state index in [0.717, 1.165) is 5.56 Å². The lowest BCUT2D eigenvalue weighted by molar-refractivity contribution is -0.104. The molecule has 0 atom stereocenters. The third kappa shape index (κ3) is 2.21. The summed E-state index contributed by atoms with van der Waals surface area (Å²) in [6.07, 6.45) is 2.02. The zero-order valence-electron chi connectivity index (χ0n) is 6.75. The molecule has 0 bridgehead atoms. The van der Waals surface area contributed by atoms with Gasteiger partial charge in [-0.15, -0.1) is 0 Å². The highest BCUT2D eigenvalue weighted by atomic mass is 35.5. The molecule has 2 heteroatoms. The largest absolute Gasteiger partial charge is 0.299 e. The Labute approximate surface area is 76.7 Å². The van der Waals surface area contributed by atoms with E-state index in [2.05, 4.69) is 0 Å². The molecule has 1 aromatic carbocycles. The smallest absolute Gasteiger partial charge is 0.144 e. The maximum atomic E-state index is 10.1. The predicted molar refractivity (Wildman–Crippen MR) is 51.1 cm³/mol. The Morgan fingerprint density at radius 1 is 1.33 bits per heavy atom. The molecule has 0 aromatic heterocycles. The van der Waals surface area contributed by atoms with Crippen LogP contribution in [0.5, 0.6) is 0 Å². The highest BCUT2D eigenvalue weighted by Crippen LogP contribution is 2.17. The van der Waals surface area contributed by atoms with E-state index < -0.39 is 0 Å². The van der Waals surface area contributed by atoms with Crippen LogP contribution in [-0.4, -0.2) is 6.29 Å². The van der Waals surface area contributed by atoms with Gasteiger partial charge < -0.3 is 0 Å². The number of rotatable bonds is 2. The van der Waals surface area contributed by atoms with Crippen LogP contribution in [0.4, 0.5) is 0 Å². The van der Waals surface area contributed by atoms with Gasteiger partial charge in [0.2, 0.25) is 0 Å². The van der Waals surface area contributed by atoms with E-state index in [1.807, 2.05) is 31.2 Å². The number of hydrogen-bond acceptors (Lipinski definition) is 1. The van der Waals surface area contributed by atoms with Gasteiger partial charge in [0.05, 0.1) is 5.03 Å². The fourth-order valence-corrected chi connectivity index (χ4v) is 1.05. The molecule has 0 radical (unpaired) electrons. The second-order valence-corrected chi connectivity index (χ2v) is 2.92. The van der Waals surface area contributed by atoms with Crippen molar-refractivity contribution in [1.82, 2.24) is 0 Å². The number of halogens is 1. The second-order valence-electron chi connectivity index (χ2n) is 2.52. The van der Waals surface area contributed by atoms with Crippen molar-refractivity contribution in [2.75, 3.05) is 0 Å². The Morgan fingerprint density at radius 2 is 1.92 bits per heavy atom. The summed E-state index contributed by atoms with van der Waals surface area (Å²) in [7, 11) is 0. The average Bonchev–Trinajstić information content (AvgIpc) is 2.06. The maximum Gasteiger partial charge on any atom is 0.144 e. The lowest BCUT2D eigenvalue weighted by Gasteiger charge is -1.97. The first-order chi connectivity index (χ1) is 5.74. The third-order valence-electron chi connectivity index (χ3n) is 1.54. The summed E-state index contributed by atoms with van der Waals surface area (Å²) >= 11 is 5.79. The summed E-state index contributed by atoms with van der Waals surface area (Å²) in [5, 5.41) is 0.477. The lowest BCUT2D eigenvalue weighted by atomic mass is 10.1. The fraction of sp³-hybridized carbons (Fsp3) is 0.100. The molecule has 0 aliphatic carbocycles. The van der Waals surface area contributed by atoms with Crippen molar-refractivity contribution in [2.24, 2.45) is 0 Å². The van der Waals surface area contributed by atoms with Crippen LogP contribution in [0.3, 0.4) is 0 Å². The first kappa shape index (κ1) is 9.01. The number of allylic oxidation sites excluding steroid dienone is 1. The van der Waals surface area contributed by atoms with Gasteiger partial charge in [0.25, 0.3) is 0 Å². The molecule has 0 unspecified atom stereocenters. The van der Waals surface area contributed by atoms with Crippen molar-refractivity contribution in [3.8, 4) is 0 Å². The maximum absolute atomic E-state index is 10.1. The quantitative estimate of drug-likeness (QED) is 0.505. The van der Waals surface area contributed by atoms with E-state index in [-0.39, 0.29) is 0 Å². The fourth-order valence-electron chi connectivity index (χ4n) is 0.869. The van der Waals surface area contributed by atoms with Crippen LogP contribution in [0.2, 0.25) is 0 Å². The zero-order valence-corrected chi connectivity index (χ0v) is 7.51. The standard InChI is InChI=1S/C10H9ClO/c1-8-2-4-9(5-3-8)10(11)6-7-12/h2-7H,1H3. The Bertz CT molecular complexity index is 298. The van der Waals surface area contributed by atoms with Crippen molar-refractivity contribution < 1.29 is 4.79 Å². The molecular formula is C10H9ClO. The van der Waals surface area contributed by atoms with Gasteiger partial charge in [-0.25, -0.2) is 0 Å². The minimum atomic E-state index is 0.477. The topological polar surface area (TPSA) is 17.1 Å². The molecule has 12 heavy (non-hydrogen) atoms. The molecule has 0 spiro atoms. The number of benzene rings is 1. The van der Waals surface area contributed by atoms with Crippen molar-refractivity contribution in [3.63, 3.8) is 0 Å². The average molecular weight is 181 g/mol. The van der Waals surface area contributed by atoms with Crippen molar-refractivity contribution >= 4 is 22.9 Å². The Balaban J connectivity index is 2.97. The van der Waals surface area contributed by atoms with Gasteiger partial charge >= 0.3 is 0 Å². The van der Waals surface area contributed by atoms with Gasteiger partial charge in [0, 0.05) is 0 Å². The van der Waals surface area contributed by atoms with E-state index in [9.17, 15) is 4.79 Å². The molecule has 0 amide bonds. The van der Waals surface area contributed by atoms with Crippen LogP contribution in [0.15, 0.2) is 30.3 Å². The zero-order chi connectivity index (χ0) is 8.97. The summed E-state index contributed by atoms with van der Waals surface area (Å²) in [6, 6.07) is 7.68. The SMILES string of the molecule is Cc1ccc(C(Cl)=CC=O)cc1. The molecule has 62 valence electrons. The minimum absolute atomic E-state index is 0.477. The van der Waals surface area contributed by atoms with Gasteiger partial charge in [-0.1, -0.05) is 41.4 Å². The van der Waals surface area contributed by atoms with Crippen LogP contribution in [0.25, 0.3) is 5.03 Å². The molecule has 0 fully saturated rings. The highest BCUT2D eigenvalue weighted by Gasteiger charge is 1.95. The van der Waals surface area contributed by atoms with Crippen molar-refractivity contribution in [3.05, 3.63) is 41.5 Å². The number of carbonyl (C=O) groups is 1. The monoisotopic (exact) mass is 180 g/mol. The van der Waals surface area contributed by atoms with Crippen LogP contribution in [0, 0.1) is 6.92 Å². The van der Waals surface area contributed by atoms with Gasteiger partial charge in [0.1, 0.15) is 6.29 Å². The van der Waals surface area contributed by atoms with Crippen LogP contribution >= 0.6 is 11.6 Å². The second kappa shape index (κ2) is 4.07. The molecule has 0 heterocycles. The van der Waals surface area contributed by atoms with Crippen molar-refractivity contribution in [2.45, 2.75) is 6.92 Å². The van der Waals surface area contributed by atoms with Gasteiger partial charge in [-0.3, -0.25) is 4.79 Å². The molecule has 0 aliphatic rings.